The fourth-order valence-corrected chi connectivity index (χ4v) is 5.93. The molecule has 2 unspecified atom stereocenters. The Morgan fingerprint density at radius 2 is 1.90 bits per heavy atom. The molecule has 0 amide bonds. The summed E-state index contributed by atoms with van der Waals surface area (Å²) >= 11 is 0. The Morgan fingerprint density at radius 1 is 1.19 bits per heavy atom. The van der Waals surface area contributed by atoms with E-state index in [-0.39, 0.29) is 6.54 Å². The molecular weight excluding hydrogens is 298 g/mol. The van der Waals surface area contributed by atoms with Gasteiger partial charge in [0.15, 0.2) is 5.79 Å². The third-order valence-electron chi connectivity index (χ3n) is 4.71. The zero-order valence-electron chi connectivity index (χ0n) is 11.9. The number of hydrogen-bond acceptors (Lipinski definition) is 5. The van der Waals surface area contributed by atoms with E-state index in [1.165, 1.54) is 4.31 Å². The summed E-state index contributed by atoms with van der Waals surface area (Å²) in [7, 11) is -3.63. The maximum Gasteiger partial charge on any atom is 0.307 e. The molecule has 3 rings (SSSR count). The molecular formula is C13H21NO6S. The lowest BCUT2D eigenvalue weighted by molar-refractivity contribution is -0.179. The largest absolute Gasteiger partial charge is 0.481 e. The number of piperidine rings is 1. The number of carbonyl (C=O) groups is 1. The van der Waals surface area contributed by atoms with Crippen molar-refractivity contribution in [3.8, 4) is 0 Å². The van der Waals surface area contributed by atoms with E-state index < -0.39 is 32.9 Å². The maximum atomic E-state index is 12.8. The van der Waals surface area contributed by atoms with E-state index in [9.17, 15) is 18.3 Å². The van der Waals surface area contributed by atoms with Crippen molar-refractivity contribution in [3.05, 3.63) is 0 Å². The van der Waals surface area contributed by atoms with Crippen molar-refractivity contribution >= 4 is 16.0 Å². The van der Waals surface area contributed by atoms with Crippen LogP contribution in [0.3, 0.4) is 0 Å². The molecule has 2 heterocycles. The molecule has 0 radical (unpaired) electrons. The number of aliphatic carboxylic acids is 1. The van der Waals surface area contributed by atoms with Gasteiger partial charge in [0.05, 0.1) is 30.9 Å². The first-order chi connectivity index (χ1) is 9.95. The van der Waals surface area contributed by atoms with Crippen LogP contribution in [0.2, 0.25) is 0 Å². The molecule has 1 saturated carbocycles. The summed E-state index contributed by atoms with van der Waals surface area (Å²) in [4.78, 5) is 11.3. The molecule has 7 nitrogen and oxygen atoms in total. The monoisotopic (exact) mass is 319 g/mol. The highest BCUT2D eigenvalue weighted by Gasteiger charge is 2.49. The Balaban J connectivity index is 1.79. The van der Waals surface area contributed by atoms with Gasteiger partial charge in [0.2, 0.25) is 10.0 Å². The van der Waals surface area contributed by atoms with Crippen molar-refractivity contribution in [2.75, 3.05) is 26.3 Å². The predicted octanol–water partition coefficient (Wildman–Crippen LogP) is 0.408. The summed E-state index contributed by atoms with van der Waals surface area (Å²) in [5, 5.41) is 8.40. The van der Waals surface area contributed by atoms with E-state index in [1.54, 1.807) is 0 Å². The van der Waals surface area contributed by atoms with Gasteiger partial charge in [0, 0.05) is 13.0 Å². The van der Waals surface area contributed by atoms with Gasteiger partial charge in [0.1, 0.15) is 0 Å². The van der Waals surface area contributed by atoms with Crippen LogP contribution < -0.4 is 0 Å². The van der Waals surface area contributed by atoms with Crippen molar-refractivity contribution < 1.29 is 27.8 Å². The lowest BCUT2D eigenvalue weighted by Crippen LogP contribution is -2.53. The average Bonchev–Trinajstić information content (AvgIpc) is 3.08. The molecule has 21 heavy (non-hydrogen) atoms. The van der Waals surface area contributed by atoms with E-state index in [1.807, 2.05) is 0 Å². The lowest BCUT2D eigenvalue weighted by atomic mass is 10.1. The molecule has 1 aliphatic carbocycles. The van der Waals surface area contributed by atoms with E-state index in [4.69, 9.17) is 9.47 Å². The highest BCUT2D eigenvalue weighted by atomic mass is 32.2. The minimum Gasteiger partial charge on any atom is -0.481 e. The molecule has 0 bridgehead atoms. The molecule has 2 saturated heterocycles. The number of rotatable bonds is 3. The normalized spacial score (nSPS) is 33.5. The molecule has 1 N–H and O–H groups in total. The molecule has 3 fully saturated rings. The van der Waals surface area contributed by atoms with E-state index >= 15 is 0 Å². The Bertz CT molecular complexity index is 513. The smallest absolute Gasteiger partial charge is 0.307 e. The molecule has 0 aromatic carbocycles. The summed E-state index contributed by atoms with van der Waals surface area (Å²) in [5.74, 6) is -2.62. The third-order valence-corrected chi connectivity index (χ3v) is 7.07. The number of carboxylic acids is 1. The van der Waals surface area contributed by atoms with Crippen LogP contribution in [0.15, 0.2) is 0 Å². The zero-order chi connectivity index (χ0) is 15.1. The zero-order valence-corrected chi connectivity index (χ0v) is 12.7. The van der Waals surface area contributed by atoms with Gasteiger partial charge in [-0.15, -0.1) is 0 Å². The van der Waals surface area contributed by atoms with Gasteiger partial charge in [-0.05, 0) is 19.3 Å². The van der Waals surface area contributed by atoms with Gasteiger partial charge in [-0.1, -0.05) is 6.42 Å². The molecule has 2 atom stereocenters. The van der Waals surface area contributed by atoms with Crippen LogP contribution in [0, 0.1) is 5.92 Å². The van der Waals surface area contributed by atoms with Gasteiger partial charge in [-0.25, -0.2) is 8.42 Å². The molecule has 0 aromatic heterocycles. The first kappa shape index (κ1) is 15.2. The average molecular weight is 319 g/mol. The minimum absolute atomic E-state index is 0.179. The molecule has 1 spiro atoms. The van der Waals surface area contributed by atoms with Crippen LogP contribution in [0.1, 0.15) is 32.1 Å². The van der Waals surface area contributed by atoms with Crippen LogP contribution in [0.5, 0.6) is 0 Å². The van der Waals surface area contributed by atoms with Gasteiger partial charge >= 0.3 is 5.97 Å². The second-order valence-corrected chi connectivity index (χ2v) is 8.16. The van der Waals surface area contributed by atoms with E-state index in [0.29, 0.717) is 51.9 Å². The summed E-state index contributed by atoms with van der Waals surface area (Å²) in [6.07, 6.45) is 2.86. The minimum atomic E-state index is -3.63. The molecule has 8 heteroatoms. The number of hydrogen-bond donors (Lipinski definition) is 1. The van der Waals surface area contributed by atoms with E-state index in [0.717, 1.165) is 0 Å². The van der Waals surface area contributed by atoms with Crippen LogP contribution in [0.25, 0.3) is 0 Å². The Labute approximate surface area is 124 Å². The summed E-state index contributed by atoms with van der Waals surface area (Å²) in [6.45, 7) is 1.56. The van der Waals surface area contributed by atoms with Crippen LogP contribution in [-0.4, -0.2) is 61.1 Å². The van der Waals surface area contributed by atoms with Crippen LogP contribution >= 0.6 is 0 Å². The van der Waals surface area contributed by atoms with Gasteiger partial charge in [-0.2, -0.15) is 4.31 Å². The first-order valence-electron chi connectivity index (χ1n) is 7.44. The number of nitrogens with zero attached hydrogens (tertiary/aromatic N) is 1. The fraction of sp³-hybridized carbons (Fsp3) is 0.923. The van der Waals surface area contributed by atoms with Crippen LogP contribution in [-0.2, 0) is 24.3 Å². The third kappa shape index (κ3) is 2.69. The molecule has 0 aromatic rings. The number of sulfonamides is 1. The van der Waals surface area contributed by atoms with Gasteiger partial charge in [0.25, 0.3) is 0 Å². The fourth-order valence-electron chi connectivity index (χ4n) is 3.66. The van der Waals surface area contributed by atoms with Crippen molar-refractivity contribution in [3.63, 3.8) is 0 Å². The topological polar surface area (TPSA) is 93.1 Å². The van der Waals surface area contributed by atoms with Crippen molar-refractivity contribution in [2.24, 2.45) is 5.92 Å². The SMILES string of the molecule is O=C(O)C1CCCC1S(=O)(=O)N1CCCC2(C1)OCCO2. The molecule has 3 aliphatic rings. The first-order valence-corrected chi connectivity index (χ1v) is 8.95. The number of ether oxygens (including phenoxy) is 2. The molecule has 2 aliphatic heterocycles. The highest BCUT2D eigenvalue weighted by Crippen LogP contribution is 2.37. The predicted molar refractivity (Wildman–Crippen MR) is 73.1 cm³/mol. The standard InChI is InChI=1S/C13H21NO6S/c15-12(16)10-3-1-4-11(10)21(17,18)14-6-2-5-13(9-14)19-7-8-20-13/h10-11H,1-9H2,(H,15,16). The van der Waals surface area contributed by atoms with Crippen LogP contribution in [0.4, 0.5) is 0 Å². The lowest BCUT2D eigenvalue weighted by Gasteiger charge is -2.39. The summed E-state index contributed by atoms with van der Waals surface area (Å²) < 4.78 is 38.2. The second kappa shape index (κ2) is 5.49. The highest BCUT2D eigenvalue weighted by molar-refractivity contribution is 7.89. The van der Waals surface area contributed by atoms with Gasteiger partial charge < -0.3 is 14.6 Å². The van der Waals surface area contributed by atoms with E-state index in [2.05, 4.69) is 0 Å². The maximum absolute atomic E-state index is 12.8. The molecule has 120 valence electrons. The second-order valence-electron chi connectivity index (χ2n) is 6.00. The Hall–Kier alpha value is -0.700. The summed E-state index contributed by atoms with van der Waals surface area (Å²) in [6, 6.07) is 0. The van der Waals surface area contributed by atoms with Crippen molar-refractivity contribution in [1.82, 2.24) is 4.31 Å². The number of carboxylic acid groups (broad SMARTS) is 1. The van der Waals surface area contributed by atoms with Gasteiger partial charge in [-0.3, -0.25) is 4.79 Å². The quantitative estimate of drug-likeness (QED) is 0.810. The Morgan fingerprint density at radius 3 is 2.57 bits per heavy atom. The summed E-state index contributed by atoms with van der Waals surface area (Å²) in [5.41, 5.74) is 0. The van der Waals surface area contributed by atoms with Crippen molar-refractivity contribution in [2.45, 2.75) is 43.1 Å². The van der Waals surface area contributed by atoms with Crippen molar-refractivity contribution in [1.29, 1.82) is 0 Å². The Kier molecular flexibility index (Phi) is 3.98.